The van der Waals surface area contributed by atoms with Crippen LogP contribution >= 0.6 is 0 Å². The first-order valence-corrected chi connectivity index (χ1v) is 13.4. The van der Waals surface area contributed by atoms with Crippen LogP contribution in [0.4, 0.5) is 30.7 Å². The van der Waals surface area contributed by atoms with Crippen molar-refractivity contribution < 1.29 is 44.9 Å². The van der Waals surface area contributed by atoms with Crippen LogP contribution < -0.4 is 4.74 Å². The average Bonchev–Trinajstić information content (AvgIpc) is 2.88. The molecule has 0 aromatic heterocycles. The van der Waals surface area contributed by atoms with Gasteiger partial charge in [-0.05, 0) is 112 Å². The fourth-order valence-corrected chi connectivity index (χ4v) is 5.54. The summed E-state index contributed by atoms with van der Waals surface area (Å²) in [5, 5.41) is 0. The Kier molecular flexibility index (Phi) is 9.47. The van der Waals surface area contributed by atoms with Crippen LogP contribution in [0.5, 0.6) is 5.75 Å². The van der Waals surface area contributed by atoms with Crippen molar-refractivity contribution in [3.8, 4) is 5.75 Å². The highest BCUT2D eigenvalue weighted by Crippen LogP contribution is 2.40. The van der Waals surface area contributed by atoms with E-state index in [0.717, 1.165) is 12.1 Å². The minimum absolute atomic E-state index is 0.0524. The lowest BCUT2D eigenvalue weighted by atomic mass is 9.82. The quantitative estimate of drug-likeness (QED) is 0.286. The van der Waals surface area contributed by atoms with E-state index in [2.05, 4.69) is 0 Å². The summed E-state index contributed by atoms with van der Waals surface area (Å²) in [6.07, 6.45) is -4.33. The van der Waals surface area contributed by atoms with E-state index >= 15 is 0 Å². The van der Waals surface area contributed by atoms with Gasteiger partial charge in [-0.3, -0.25) is 0 Å². The Labute approximate surface area is 223 Å². The monoisotopic (exact) mass is 562 g/mol. The maximum absolute atomic E-state index is 14.6. The maximum Gasteiger partial charge on any atom is 0.422 e. The van der Waals surface area contributed by atoms with Gasteiger partial charge in [0.15, 0.2) is 0 Å². The van der Waals surface area contributed by atoms with Gasteiger partial charge in [-0.25, -0.2) is 8.78 Å². The molecule has 3 nitrogen and oxygen atoms in total. The molecular formula is C29H33F7O3. The van der Waals surface area contributed by atoms with E-state index in [-0.39, 0.29) is 29.1 Å². The largest absolute Gasteiger partial charge is 0.494 e. The average molecular weight is 563 g/mol. The zero-order valence-corrected chi connectivity index (χ0v) is 21.7. The lowest BCUT2D eigenvalue weighted by Crippen LogP contribution is -2.31. The summed E-state index contributed by atoms with van der Waals surface area (Å²) in [6, 6.07) is 7.19. The molecule has 0 heterocycles. The summed E-state index contributed by atoms with van der Waals surface area (Å²) in [5.41, 5.74) is -1.84. The van der Waals surface area contributed by atoms with Crippen LogP contribution in [-0.2, 0) is 21.8 Å². The third-order valence-electron chi connectivity index (χ3n) is 7.67. The van der Waals surface area contributed by atoms with E-state index in [9.17, 15) is 30.7 Å². The molecule has 0 amide bonds. The molecule has 2 saturated carbocycles. The van der Waals surface area contributed by atoms with Crippen LogP contribution in [0.3, 0.4) is 0 Å². The van der Waals surface area contributed by atoms with Gasteiger partial charge in [0.05, 0.1) is 24.4 Å². The maximum atomic E-state index is 14.6. The van der Waals surface area contributed by atoms with E-state index < -0.39 is 35.6 Å². The van der Waals surface area contributed by atoms with Gasteiger partial charge in [0.1, 0.15) is 22.9 Å². The molecule has 0 saturated heterocycles. The van der Waals surface area contributed by atoms with Crippen LogP contribution in [0.15, 0.2) is 36.4 Å². The van der Waals surface area contributed by atoms with Crippen molar-refractivity contribution in [2.45, 2.75) is 88.7 Å². The van der Waals surface area contributed by atoms with E-state index in [1.807, 2.05) is 6.92 Å². The van der Waals surface area contributed by atoms with Crippen molar-refractivity contribution in [1.29, 1.82) is 0 Å². The molecule has 216 valence electrons. The van der Waals surface area contributed by atoms with Gasteiger partial charge in [0.2, 0.25) is 0 Å². The molecule has 10 heteroatoms. The van der Waals surface area contributed by atoms with Gasteiger partial charge >= 0.3 is 12.3 Å². The molecular weight excluding hydrogens is 529 g/mol. The Balaban J connectivity index is 1.19. The van der Waals surface area contributed by atoms with Crippen molar-refractivity contribution in [1.82, 2.24) is 0 Å². The molecule has 0 spiro atoms. The lowest BCUT2D eigenvalue weighted by Gasteiger charge is -2.33. The van der Waals surface area contributed by atoms with E-state index in [1.165, 1.54) is 24.3 Å². The predicted molar refractivity (Wildman–Crippen MR) is 131 cm³/mol. The van der Waals surface area contributed by atoms with Crippen LogP contribution in [0.1, 0.15) is 80.9 Å². The molecule has 2 aliphatic carbocycles. The van der Waals surface area contributed by atoms with Gasteiger partial charge in [0, 0.05) is 6.61 Å². The molecule has 0 atom stereocenters. The number of hydrogen-bond acceptors (Lipinski definition) is 3. The number of rotatable bonds is 9. The Morgan fingerprint density at radius 2 is 1.33 bits per heavy atom. The highest BCUT2D eigenvalue weighted by Gasteiger charge is 2.39. The molecule has 0 aliphatic heterocycles. The molecule has 0 bridgehead atoms. The molecule has 2 fully saturated rings. The Morgan fingerprint density at radius 1 is 0.769 bits per heavy atom. The molecule has 2 aromatic carbocycles. The minimum Gasteiger partial charge on any atom is -0.494 e. The Bertz CT molecular complexity index is 1050. The summed E-state index contributed by atoms with van der Waals surface area (Å²) >= 11 is 0. The summed E-state index contributed by atoms with van der Waals surface area (Å²) in [5.74, 6) is -2.67. The molecule has 2 aliphatic rings. The first kappa shape index (κ1) is 29.6. The molecule has 0 unspecified atom stereocenters. The number of halogens is 7. The minimum atomic E-state index is -5.08. The number of alkyl halides is 5. The van der Waals surface area contributed by atoms with Crippen molar-refractivity contribution in [2.75, 3.05) is 13.2 Å². The van der Waals surface area contributed by atoms with Crippen LogP contribution in [0, 0.1) is 17.6 Å². The normalized spacial score (nSPS) is 24.5. The first-order chi connectivity index (χ1) is 18.5. The number of hydrogen-bond donors (Lipinski definition) is 0. The SMILES string of the molecule is CCOc1ccc(C(F)(F)OC2CCC(COC3CCC(c4cc(F)c(C(F)(F)F)c(F)c4)CC3)CC2)cc1. The molecule has 2 aromatic rings. The summed E-state index contributed by atoms with van der Waals surface area (Å²) < 4.78 is 112. The highest BCUT2D eigenvalue weighted by molar-refractivity contribution is 5.31. The van der Waals surface area contributed by atoms with Gasteiger partial charge in [-0.2, -0.15) is 22.0 Å². The van der Waals surface area contributed by atoms with Gasteiger partial charge < -0.3 is 14.2 Å². The molecule has 39 heavy (non-hydrogen) atoms. The van der Waals surface area contributed by atoms with Crippen LogP contribution in [-0.4, -0.2) is 25.4 Å². The van der Waals surface area contributed by atoms with Gasteiger partial charge in [-0.1, -0.05) is 0 Å². The Morgan fingerprint density at radius 3 is 1.87 bits per heavy atom. The summed E-state index contributed by atoms with van der Waals surface area (Å²) in [4.78, 5) is 0. The fourth-order valence-electron chi connectivity index (χ4n) is 5.54. The third kappa shape index (κ3) is 7.66. The molecule has 4 rings (SSSR count). The summed E-state index contributed by atoms with van der Waals surface area (Å²) in [7, 11) is 0. The van der Waals surface area contributed by atoms with Crippen LogP contribution in [0.25, 0.3) is 0 Å². The van der Waals surface area contributed by atoms with Crippen molar-refractivity contribution in [3.63, 3.8) is 0 Å². The highest BCUT2D eigenvalue weighted by atomic mass is 19.4. The Hall–Kier alpha value is -2.33. The second-order valence-electron chi connectivity index (χ2n) is 10.4. The topological polar surface area (TPSA) is 27.7 Å². The fraction of sp³-hybridized carbons (Fsp3) is 0.586. The second-order valence-corrected chi connectivity index (χ2v) is 10.4. The second kappa shape index (κ2) is 12.5. The number of benzene rings is 2. The standard InChI is InChI=1S/C29H33F7O3/c1-2-37-22-13-7-21(8-14-22)29(35,36)39-24-9-3-18(4-10-24)17-38-23-11-5-19(6-12-23)20-15-25(30)27(26(31)16-20)28(32,33)34/h7-8,13-16,18-19,23-24H,2-6,9-12,17H2,1H3. The zero-order valence-electron chi connectivity index (χ0n) is 21.7. The zero-order chi connectivity index (χ0) is 28.2. The van der Waals surface area contributed by atoms with E-state index in [0.29, 0.717) is 70.3 Å². The molecule has 0 radical (unpaired) electrons. The summed E-state index contributed by atoms with van der Waals surface area (Å²) in [6.45, 7) is 2.75. The van der Waals surface area contributed by atoms with Crippen molar-refractivity contribution >= 4 is 0 Å². The third-order valence-corrected chi connectivity index (χ3v) is 7.67. The predicted octanol–water partition coefficient (Wildman–Crippen LogP) is 8.75. The van der Waals surface area contributed by atoms with Gasteiger partial charge in [-0.15, -0.1) is 0 Å². The van der Waals surface area contributed by atoms with Crippen LogP contribution in [0.2, 0.25) is 0 Å². The van der Waals surface area contributed by atoms with Crippen molar-refractivity contribution in [2.24, 2.45) is 5.92 Å². The van der Waals surface area contributed by atoms with E-state index in [4.69, 9.17) is 14.2 Å². The van der Waals surface area contributed by atoms with Gasteiger partial charge in [0.25, 0.3) is 0 Å². The van der Waals surface area contributed by atoms with E-state index in [1.54, 1.807) is 0 Å². The molecule has 0 N–H and O–H groups in total. The van der Waals surface area contributed by atoms with Crippen molar-refractivity contribution in [3.05, 3.63) is 64.7 Å². The smallest absolute Gasteiger partial charge is 0.422 e. The lowest BCUT2D eigenvalue weighted by molar-refractivity contribution is -0.278. The first-order valence-electron chi connectivity index (χ1n) is 13.4. The number of ether oxygens (including phenoxy) is 3.